The summed E-state index contributed by atoms with van der Waals surface area (Å²) in [7, 11) is -3.77. The van der Waals surface area contributed by atoms with Gasteiger partial charge in [-0.3, -0.25) is 4.79 Å². The summed E-state index contributed by atoms with van der Waals surface area (Å²) in [6.07, 6.45) is 1.73. The lowest BCUT2D eigenvalue weighted by Gasteiger charge is -2.28. The first kappa shape index (κ1) is 23.9. The van der Waals surface area contributed by atoms with Crippen molar-refractivity contribution in [3.8, 4) is 0 Å². The van der Waals surface area contributed by atoms with Crippen molar-refractivity contribution in [3.63, 3.8) is 0 Å². The third-order valence-electron chi connectivity index (χ3n) is 5.67. The molecule has 1 amide bonds. The number of ether oxygens (including phenoxy) is 1. The second kappa shape index (κ2) is 10.8. The number of nitrogens with zero attached hydrogens (tertiary/aromatic N) is 2. The van der Waals surface area contributed by atoms with Gasteiger partial charge in [-0.25, -0.2) is 18.1 Å². The molecule has 2 heterocycles. The van der Waals surface area contributed by atoms with Gasteiger partial charge in [-0.1, -0.05) is 36.4 Å². The second-order valence-corrected chi connectivity index (χ2v) is 9.86. The van der Waals surface area contributed by atoms with E-state index in [-0.39, 0.29) is 17.3 Å². The number of sulfonamides is 1. The van der Waals surface area contributed by atoms with Crippen molar-refractivity contribution in [2.75, 3.05) is 31.2 Å². The summed E-state index contributed by atoms with van der Waals surface area (Å²) >= 11 is 0. The number of morpholine rings is 1. The van der Waals surface area contributed by atoms with E-state index in [4.69, 9.17) is 4.74 Å². The summed E-state index contributed by atoms with van der Waals surface area (Å²) < 4.78 is 33.6. The average molecular weight is 481 g/mol. The number of pyridine rings is 1. The first-order chi connectivity index (χ1) is 16.4. The highest BCUT2D eigenvalue weighted by molar-refractivity contribution is 7.89. The number of carbonyl (C=O) groups is 1. The molecule has 2 aromatic carbocycles. The van der Waals surface area contributed by atoms with E-state index < -0.39 is 10.0 Å². The van der Waals surface area contributed by atoms with E-state index >= 15 is 0 Å². The highest BCUT2D eigenvalue weighted by Crippen LogP contribution is 2.18. The third-order valence-corrected chi connectivity index (χ3v) is 7.07. The lowest BCUT2D eigenvalue weighted by atomic mass is 10.1. The molecular weight excluding hydrogens is 452 g/mol. The Morgan fingerprint density at radius 1 is 1.00 bits per heavy atom. The standard InChI is InChI=1S/C25H28N4O4S/c1-19-7-8-22(34(31,32)28-18-20-5-3-2-4-6-20)16-23(19)25(30)27-17-21-9-10-26-24(15-21)29-11-13-33-14-12-29/h2-10,15-16,28H,11-14,17-18H2,1H3,(H,27,30). The molecule has 1 aromatic heterocycles. The van der Waals surface area contributed by atoms with E-state index in [0.29, 0.717) is 30.9 Å². The summed E-state index contributed by atoms with van der Waals surface area (Å²) in [6.45, 7) is 5.16. The number of rotatable bonds is 8. The van der Waals surface area contributed by atoms with Crippen LogP contribution in [0.5, 0.6) is 0 Å². The van der Waals surface area contributed by atoms with Gasteiger partial charge < -0.3 is 15.0 Å². The highest BCUT2D eigenvalue weighted by Gasteiger charge is 2.18. The van der Waals surface area contributed by atoms with E-state index in [1.807, 2.05) is 42.5 Å². The first-order valence-electron chi connectivity index (χ1n) is 11.1. The van der Waals surface area contributed by atoms with Gasteiger partial charge >= 0.3 is 0 Å². The molecule has 34 heavy (non-hydrogen) atoms. The second-order valence-electron chi connectivity index (χ2n) is 8.09. The lowest BCUT2D eigenvalue weighted by Crippen LogP contribution is -2.36. The molecule has 0 saturated carbocycles. The number of aryl methyl sites for hydroxylation is 1. The normalized spacial score (nSPS) is 14.1. The van der Waals surface area contributed by atoms with Gasteiger partial charge in [0.1, 0.15) is 5.82 Å². The van der Waals surface area contributed by atoms with Crippen LogP contribution in [0.25, 0.3) is 0 Å². The third kappa shape index (κ3) is 5.99. The van der Waals surface area contributed by atoms with Crippen molar-refractivity contribution in [1.29, 1.82) is 0 Å². The Labute approximate surface area is 200 Å². The van der Waals surface area contributed by atoms with Gasteiger partial charge in [0.05, 0.1) is 18.1 Å². The molecule has 178 valence electrons. The minimum Gasteiger partial charge on any atom is -0.378 e. The van der Waals surface area contributed by atoms with Crippen LogP contribution in [0.2, 0.25) is 0 Å². The Bertz CT molecular complexity index is 1240. The Balaban J connectivity index is 1.43. The molecule has 1 aliphatic heterocycles. The molecule has 0 spiro atoms. The molecule has 0 aliphatic carbocycles. The van der Waals surface area contributed by atoms with Gasteiger partial charge in [-0.05, 0) is 47.9 Å². The number of amides is 1. The van der Waals surface area contributed by atoms with Gasteiger partial charge in [0.2, 0.25) is 10.0 Å². The van der Waals surface area contributed by atoms with E-state index in [9.17, 15) is 13.2 Å². The molecule has 4 rings (SSSR count). The zero-order valence-corrected chi connectivity index (χ0v) is 19.8. The minimum atomic E-state index is -3.77. The predicted molar refractivity (Wildman–Crippen MR) is 130 cm³/mol. The largest absolute Gasteiger partial charge is 0.378 e. The van der Waals surface area contributed by atoms with Crippen molar-refractivity contribution in [2.24, 2.45) is 0 Å². The van der Waals surface area contributed by atoms with Gasteiger partial charge in [-0.2, -0.15) is 0 Å². The van der Waals surface area contributed by atoms with Crippen LogP contribution in [0.1, 0.15) is 27.0 Å². The van der Waals surface area contributed by atoms with E-state index in [0.717, 1.165) is 30.0 Å². The minimum absolute atomic E-state index is 0.0534. The molecule has 0 atom stereocenters. The molecule has 1 saturated heterocycles. The molecule has 0 bridgehead atoms. The fourth-order valence-electron chi connectivity index (χ4n) is 3.68. The van der Waals surface area contributed by atoms with Crippen molar-refractivity contribution in [2.45, 2.75) is 24.9 Å². The number of hydrogen-bond donors (Lipinski definition) is 2. The van der Waals surface area contributed by atoms with Crippen molar-refractivity contribution in [3.05, 3.63) is 89.1 Å². The topological polar surface area (TPSA) is 101 Å². The molecule has 3 aromatic rings. The van der Waals surface area contributed by atoms with Crippen LogP contribution in [0, 0.1) is 6.92 Å². The summed E-state index contributed by atoms with van der Waals surface area (Å²) in [5, 5.41) is 2.90. The van der Waals surface area contributed by atoms with Crippen LogP contribution < -0.4 is 14.9 Å². The first-order valence-corrected chi connectivity index (χ1v) is 12.6. The van der Waals surface area contributed by atoms with Gasteiger partial charge in [-0.15, -0.1) is 0 Å². The fraction of sp³-hybridized carbons (Fsp3) is 0.280. The maximum absolute atomic E-state index is 12.9. The van der Waals surface area contributed by atoms with E-state index in [1.165, 1.54) is 12.1 Å². The summed E-state index contributed by atoms with van der Waals surface area (Å²) in [5.74, 6) is 0.520. The van der Waals surface area contributed by atoms with Crippen molar-refractivity contribution >= 4 is 21.7 Å². The number of benzene rings is 2. The van der Waals surface area contributed by atoms with Crippen LogP contribution >= 0.6 is 0 Å². The van der Waals surface area contributed by atoms with Crippen LogP contribution in [0.3, 0.4) is 0 Å². The number of anilines is 1. The summed E-state index contributed by atoms with van der Waals surface area (Å²) in [5.41, 5.74) is 2.79. The number of nitrogens with one attached hydrogen (secondary N) is 2. The van der Waals surface area contributed by atoms with Crippen molar-refractivity contribution < 1.29 is 17.9 Å². The Morgan fingerprint density at radius 2 is 1.76 bits per heavy atom. The number of hydrogen-bond acceptors (Lipinski definition) is 6. The predicted octanol–water partition coefficient (Wildman–Crippen LogP) is 2.64. The molecule has 9 heteroatoms. The van der Waals surface area contributed by atoms with E-state index in [1.54, 1.807) is 19.2 Å². The van der Waals surface area contributed by atoms with Crippen molar-refractivity contribution in [1.82, 2.24) is 15.0 Å². The van der Waals surface area contributed by atoms with Gasteiger partial charge in [0, 0.05) is 37.9 Å². The van der Waals surface area contributed by atoms with Gasteiger partial charge in [0.15, 0.2) is 0 Å². The Kier molecular flexibility index (Phi) is 7.56. The van der Waals surface area contributed by atoms with Crippen LogP contribution in [0.15, 0.2) is 71.8 Å². The lowest BCUT2D eigenvalue weighted by molar-refractivity contribution is 0.0950. The quantitative estimate of drug-likeness (QED) is 0.514. The Morgan fingerprint density at radius 3 is 2.53 bits per heavy atom. The molecule has 2 N–H and O–H groups in total. The highest BCUT2D eigenvalue weighted by atomic mass is 32.2. The molecule has 1 fully saturated rings. The maximum Gasteiger partial charge on any atom is 0.251 e. The average Bonchev–Trinajstić information content (AvgIpc) is 2.87. The molecule has 8 nitrogen and oxygen atoms in total. The number of aromatic nitrogens is 1. The SMILES string of the molecule is Cc1ccc(S(=O)(=O)NCc2ccccc2)cc1C(=O)NCc1ccnc(N2CCOCC2)c1. The van der Waals surface area contributed by atoms with Crippen LogP contribution in [0.4, 0.5) is 5.82 Å². The fourth-order valence-corrected chi connectivity index (χ4v) is 4.73. The molecule has 1 aliphatic rings. The van der Waals surface area contributed by atoms with Crippen LogP contribution in [-0.4, -0.2) is 45.6 Å². The summed E-state index contributed by atoms with van der Waals surface area (Å²) in [6, 6.07) is 17.7. The monoisotopic (exact) mass is 480 g/mol. The Hall–Kier alpha value is -3.27. The zero-order chi connectivity index (χ0) is 24.0. The van der Waals surface area contributed by atoms with Crippen LogP contribution in [-0.2, 0) is 27.8 Å². The van der Waals surface area contributed by atoms with E-state index in [2.05, 4.69) is 19.9 Å². The molecule has 0 radical (unpaired) electrons. The van der Waals surface area contributed by atoms with Gasteiger partial charge in [0.25, 0.3) is 5.91 Å². The zero-order valence-electron chi connectivity index (χ0n) is 19.0. The number of carbonyl (C=O) groups excluding carboxylic acids is 1. The maximum atomic E-state index is 12.9. The molecule has 0 unspecified atom stereocenters. The molecular formula is C25H28N4O4S. The summed E-state index contributed by atoms with van der Waals surface area (Å²) in [4.78, 5) is 19.5. The smallest absolute Gasteiger partial charge is 0.251 e.